The number of rotatable bonds is 5. The molecule has 236 valence electrons. The number of ether oxygens (including phenoxy) is 5. The summed E-state index contributed by atoms with van der Waals surface area (Å²) in [7, 11) is 1.47. The van der Waals surface area contributed by atoms with E-state index in [1.165, 1.54) is 20.1 Å². The fourth-order valence-corrected chi connectivity index (χ4v) is 10.4. The van der Waals surface area contributed by atoms with Crippen molar-refractivity contribution in [1.82, 2.24) is 0 Å². The van der Waals surface area contributed by atoms with Crippen LogP contribution in [-0.2, 0) is 33.3 Å². The first kappa shape index (κ1) is 30.5. The van der Waals surface area contributed by atoms with Crippen molar-refractivity contribution in [2.45, 2.75) is 128 Å². The van der Waals surface area contributed by atoms with Crippen LogP contribution in [0.4, 0.5) is 0 Å². The van der Waals surface area contributed by atoms with Crippen LogP contribution in [0.1, 0.15) is 79.1 Å². The lowest BCUT2D eigenvalue weighted by Gasteiger charge is -2.63. The Kier molecular flexibility index (Phi) is 7.84. The van der Waals surface area contributed by atoms with Gasteiger partial charge in [-0.1, -0.05) is 13.8 Å². The molecule has 2 heterocycles. The standard InChI is InChI=1S/C32H48O10/c1-16-26(35)28(38-5)27(36)29(40-16)42-20-8-10-30(3)19(13-20)6-7-22-21(30)9-11-31(4)25(18-12-24(34)39-15-18)23(41-17(2)33)14-32(22,31)37/h12,16,19-23,25-29,35-37H,6-11,13-15H2,1-5H3/t16-,19?,20?,21+,22-,23?,25+,26-,27-,28+,29+,30+,31-,32+/m1/s1. The van der Waals surface area contributed by atoms with Gasteiger partial charge in [-0.3, -0.25) is 4.79 Å². The molecule has 0 amide bonds. The van der Waals surface area contributed by atoms with Crippen molar-refractivity contribution in [3.05, 3.63) is 11.6 Å². The van der Waals surface area contributed by atoms with Crippen LogP contribution in [0.25, 0.3) is 0 Å². The van der Waals surface area contributed by atoms with E-state index in [9.17, 15) is 24.9 Å². The smallest absolute Gasteiger partial charge is 0.331 e. The summed E-state index contributed by atoms with van der Waals surface area (Å²) >= 11 is 0. The minimum Gasteiger partial charge on any atom is -0.462 e. The highest BCUT2D eigenvalue weighted by Crippen LogP contribution is 2.70. The lowest BCUT2D eigenvalue weighted by atomic mass is 9.43. The van der Waals surface area contributed by atoms with E-state index in [-0.39, 0.29) is 41.9 Å². The van der Waals surface area contributed by atoms with Crippen LogP contribution < -0.4 is 0 Å². The summed E-state index contributed by atoms with van der Waals surface area (Å²) in [5.41, 5.74) is -0.720. The normalized spacial score (nSPS) is 52.0. The predicted octanol–water partition coefficient (Wildman–Crippen LogP) is 2.65. The Hall–Kier alpha value is -1.56. The van der Waals surface area contributed by atoms with Crippen LogP contribution in [0.2, 0.25) is 0 Å². The molecule has 0 bridgehead atoms. The maximum absolute atomic E-state index is 12.7. The van der Waals surface area contributed by atoms with Gasteiger partial charge in [0.25, 0.3) is 0 Å². The van der Waals surface area contributed by atoms with E-state index in [0.717, 1.165) is 50.5 Å². The third kappa shape index (κ3) is 4.58. The summed E-state index contributed by atoms with van der Waals surface area (Å²) in [6.07, 6.45) is 3.36. The minimum atomic E-state index is -1.08. The minimum absolute atomic E-state index is 0.0190. The molecule has 14 atom stereocenters. The zero-order chi connectivity index (χ0) is 30.2. The number of hydrogen-bond donors (Lipinski definition) is 3. The lowest BCUT2D eigenvalue weighted by molar-refractivity contribution is -0.313. The van der Waals surface area contributed by atoms with Gasteiger partial charge in [-0.25, -0.2) is 4.79 Å². The Balaban J connectivity index is 1.20. The SMILES string of the molecule is CO[C@@H]1[C@@H](O)[C@H](OC2CC[C@@]3(C)C(CC[C@@H]4[C@@H]3CC[C@]3(C)[C@@H](C5=CC(=O)OC5)C(OC(C)=O)C[C@]43O)C2)O[C@H](C)[C@H]1O. The molecule has 3 N–H and O–H groups in total. The highest BCUT2D eigenvalue weighted by Gasteiger charge is 2.71. The van der Waals surface area contributed by atoms with Crippen LogP contribution in [0.5, 0.6) is 0 Å². The molecule has 6 aliphatic rings. The molecule has 0 aromatic carbocycles. The van der Waals surface area contributed by atoms with E-state index in [2.05, 4.69) is 13.8 Å². The van der Waals surface area contributed by atoms with Crippen LogP contribution in [-0.4, -0.2) is 89.5 Å². The average Bonchev–Trinajstić information content (AvgIpc) is 3.44. The summed E-state index contributed by atoms with van der Waals surface area (Å²) in [6, 6.07) is 0. The Morgan fingerprint density at radius 2 is 1.83 bits per heavy atom. The Labute approximate surface area is 248 Å². The Morgan fingerprint density at radius 3 is 2.50 bits per heavy atom. The molecule has 1 saturated heterocycles. The highest BCUT2D eigenvalue weighted by atomic mass is 16.7. The monoisotopic (exact) mass is 592 g/mol. The van der Waals surface area contributed by atoms with Crippen molar-refractivity contribution in [3.8, 4) is 0 Å². The second-order valence-electron chi connectivity index (χ2n) is 14.5. The number of carbonyl (C=O) groups is 2. The maximum atomic E-state index is 12.7. The number of esters is 2. The number of aliphatic hydroxyl groups is 3. The molecule has 0 radical (unpaired) electrons. The molecule has 4 saturated carbocycles. The van der Waals surface area contributed by atoms with Gasteiger partial charge >= 0.3 is 11.9 Å². The largest absolute Gasteiger partial charge is 0.462 e. The number of hydrogen-bond acceptors (Lipinski definition) is 10. The topological polar surface area (TPSA) is 141 Å². The van der Waals surface area contributed by atoms with Crippen molar-refractivity contribution in [2.75, 3.05) is 13.7 Å². The number of fused-ring (bicyclic) bond motifs is 5. The first-order chi connectivity index (χ1) is 19.8. The summed E-state index contributed by atoms with van der Waals surface area (Å²) < 4.78 is 28.7. The van der Waals surface area contributed by atoms with Gasteiger partial charge in [0.2, 0.25) is 0 Å². The maximum Gasteiger partial charge on any atom is 0.331 e. The van der Waals surface area contributed by atoms with Gasteiger partial charge in [0, 0.05) is 37.9 Å². The quantitative estimate of drug-likeness (QED) is 0.322. The van der Waals surface area contributed by atoms with E-state index < -0.39 is 47.8 Å². The van der Waals surface area contributed by atoms with Gasteiger partial charge < -0.3 is 39.0 Å². The molecule has 0 aromatic heterocycles. The molecule has 10 heteroatoms. The first-order valence-electron chi connectivity index (χ1n) is 15.8. The zero-order valence-electron chi connectivity index (χ0n) is 25.5. The summed E-state index contributed by atoms with van der Waals surface area (Å²) in [5, 5.41) is 33.8. The number of cyclic esters (lactones) is 1. The lowest BCUT2D eigenvalue weighted by Crippen LogP contribution is -2.62. The van der Waals surface area contributed by atoms with Crippen LogP contribution >= 0.6 is 0 Å². The van der Waals surface area contributed by atoms with E-state index in [1.54, 1.807) is 6.92 Å². The number of aliphatic hydroxyl groups excluding tert-OH is 2. The fourth-order valence-electron chi connectivity index (χ4n) is 10.4. The fraction of sp³-hybridized carbons (Fsp3) is 0.875. The van der Waals surface area contributed by atoms with Crippen molar-refractivity contribution < 1.29 is 48.6 Å². The second-order valence-corrected chi connectivity index (χ2v) is 14.5. The van der Waals surface area contributed by atoms with Crippen molar-refractivity contribution >= 4 is 11.9 Å². The Bertz CT molecular complexity index is 1110. The molecule has 2 aliphatic heterocycles. The molecular formula is C32H48O10. The summed E-state index contributed by atoms with van der Waals surface area (Å²) in [6.45, 7) is 7.85. The third-order valence-electron chi connectivity index (χ3n) is 12.6. The molecule has 5 fully saturated rings. The number of carbonyl (C=O) groups excluding carboxylic acids is 2. The van der Waals surface area contributed by atoms with Gasteiger partial charge in [0.1, 0.15) is 31.0 Å². The highest BCUT2D eigenvalue weighted by molar-refractivity contribution is 5.85. The summed E-state index contributed by atoms with van der Waals surface area (Å²) in [5.74, 6) is -0.234. The zero-order valence-corrected chi connectivity index (χ0v) is 25.5. The van der Waals surface area contributed by atoms with Crippen molar-refractivity contribution in [3.63, 3.8) is 0 Å². The van der Waals surface area contributed by atoms with Crippen LogP contribution in [0.15, 0.2) is 11.6 Å². The number of methoxy groups -OCH3 is 1. The van der Waals surface area contributed by atoms with Crippen molar-refractivity contribution in [1.29, 1.82) is 0 Å². The molecule has 6 rings (SSSR count). The molecule has 0 aromatic rings. The molecular weight excluding hydrogens is 544 g/mol. The van der Waals surface area contributed by atoms with Gasteiger partial charge in [-0.2, -0.15) is 0 Å². The third-order valence-corrected chi connectivity index (χ3v) is 12.6. The van der Waals surface area contributed by atoms with Crippen LogP contribution in [0.3, 0.4) is 0 Å². The van der Waals surface area contributed by atoms with E-state index >= 15 is 0 Å². The molecule has 3 unspecified atom stereocenters. The van der Waals surface area contributed by atoms with E-state index in [1.807, 2.05) is 0 Å². The summed E-state index contributed by atoms with van der Waals surface area (Å²) in [4.78, 5) is 24.2. The molecule has 42 heavy (non-hydrogen) atoms. The molecule has 4 aliphatic carbocycles. The molecule has 0 spiro atoms. The average molecular weight is 593 g/mol. The predicted molar refractivity (Wildman–Crippen MR) is 149 cm³/mol. The van der Waals surface area contributed by atoms with Gasteiger partial charge in [-0.05, 0) is 80.6 Å². The van der Waals surface area contributed by atoms with E-state index in [0.29, 0.717) is 18.3 Å². The van der Waals surface area contributed by atoms with Gasteiger partial charge in [0.15, 0.2) is 6.29 Å². The van der Waals surface area contributed by atoms with Crippen LogP contribution in [0, 0.1) is 34.5 Å². The second kappa shape index (κ2) is 10.8. The van der Waals surface area contributed by atoms with E-state index in [4.69, 9.17) is 23.7 Å². The van der Waals surface area contributed by atoms with Crippen molar-refractivity contribution in [2.24, 2.45) is 34.5 Å². The van der Waals surface area contributed by atoms with Gasteiger partial charge in [0.05, 0.1) is 17.8 Å². The molecule has 10 nitrogen and oxygen atoms in total. The van der Waals surface area contributed by atoms with Gasteiger partial charge in [-0.15, -0.1) is 0 Å². The first-order valence-corrected chi connectivity index (χ1v) is 15.8. The Morgan fingerprint density at radius 1 is 1.07 bits per heavy atom.